The second-order valence-corrected chi connectivity index (χ2v) is 7.99. The zero-order valence-corrected chi connectivity index (χ0v) is 17.4. The van der Waals surface area contributed by atoms with Crippen LogP contribution < -0.4 is 4.74 Å². The molecule has 1 heterocycles. The second kappa shape index (κ2) is 8.37. The summed E-state index contributed by atoms with van der Waals surface area (Å²) in [4.78, 5) is 26.4. The van der Waals surface area contributed by atoms with Gasteiger partial charge in [0.2, 0.25) is 0 Å². The third kappa shape index (κ3) is 4.48. The van der Waals surface area contributed by atoms with Crippen molar-refractivity contribution in [1.29, 1.82) is 0 Å². The van der Waals surface area contributed by atoms with Crippen LogP contribution in [0, 0.1) is 0 Å². The minimum atomic E-state index is -0.366. The Morgan fingerprint density at radius 3 is 2.63 bits per heavy atom. The van der Waals surface area contributed by atoms with E-state index in [1.165, 1.54) is 11.0 Å². The Balaban J connectivity index is 1.85. The van der Waals surface area contributed by atoms with E-state index in [0.29, 0.717) is 17.1 Å². The molecular formula is C19H15BrClNO4S. The largest absolute Gasteiger partial charge is 0.503 e. The van der Waals surface area contributed by atoms with E-state index in [1.54, 1.807) is 19.1 Å². The molecule has 0 unspecified atom stereocenters. The molecule has 1 aliphatic rings. The van der Waals surface area contributed by atoms with Gasteiger partial charge in [0, 0.05) is 4.47 Å². The van der Waals surface area contributed by atoms with Crippen molar-refractivity contribution in [3.05, 3.63) is 61.9 Å². The fourth-order valence-electron chi connectivity index (χ4n) is 2.50. The smallest absolute Gasteiger partial charge is 0.293 e. The Labute approximate surface area is 174 Å². The molecule has 1 saturated heterocycles. The van der Waals surface area contributed by atoms with E-state index in [2.05, 4.69) is 15.9 Å². The third-order valence-electron chi connectivity index (χ3n) is 3.78. The fraction of sp³-hybridized carbons (Fsp3) is 0.158. The highest BCUT2D eigenvalue weighted by molar-refractivity contribution is 9.10. The predicted octanol–water partition coefficient (Wildman–Crippen LogP) is 5.44. The van der Waals surface area contributed by atoms with E-state index >= 15 is 0 Å². The van der Waals surface area contributed by atoms with Gasteiger partial charge in [0.1, 0.15) is 0 Å². The van der Waals surface area contributed by atoms with E-state index in [1.807, 2.05) is 24.3 Å². The zero-order valence-electron chi connectivity index (χ0n) is 14.2. The maximum Gasteiger partial charge on any atom is 0.293 e. The van der Waals surface area contributed by atoms with Crippen molar-refractivity contribution in [1.82, 2.24) is 4.90 Å². The molecule has 3 rings (SSSR count). The van der Waals surface area contributed by atoms with Gasteiger partial charge >= 0.3 is 0 Å². The number of carbonyl (C=O) groups excluding carboxylic acids is 2. The number of ether oxygens (including phenoxy) is 1. The zero-order chi connectivity index (χ0) is 19.6. The number of thioether (sulfide) groups is 1. The van der Waals surface area contributed by atoms with Gasteiger partial charge in [-0.3, -0.25) is 14.5 Å². The van der Waals surface area contributed by atoms with Crippen molar-refractivity contribution in [2.45, 2.75) is 13.5 Å². The number of halogens is 2. The monoisotopic (exact) mass is 467 g/mol. The summed E-state index contributed by atoms with van der Waals surface area (Å²) in [5.41, 5.74) is 1.42. The van der Waals surface area contributed by atoms with E-state index < -0.39 is 0 Å². The van der Waals surface area contributed by atoms with Gasteiger partial charge in [0.15, 0.2) is 11.5 Å². The van der Waals surface area contributed by atoms with Crippen LogP contribution in [0.5, 0.6) is 11.5 Å². The van der Waals surface area contributed by atoms with Gasteiger partial charge < -0.3 is 9.84 Å². The fourth-order valence-corrected chi connectivity index (χ4v) is 3.82. The van der Waals surface area contributed by atoms with E-state index in [-0.39, 0.29) is 34.2 Å². The lowest BCUT2D eigenvalue weighted by Crippen LogP contribution is -2.27. The number of phenolic OH excluding ortho intramolecular Hbond substituents is 1. The number of rotatable bonds is 5. The Bertz CT molecular complexity index is 930. The summed E-state index contributed by atoms with van der Waals surface area (Å²) in [6.07, 6.45) is 1.57. The number of nitrogens with zero attached hydrogens (tertiary/aromatic N) is 1. The molecule has 0 atom stereocenters. The van der Waals surface area contributed by atoms with Crippen LogP contribution >= 0.6 is 39.3 Å². The van der Waals surface area contributed by atoms with Crippen molar-refractivity contribution < 1.29 is 19.4 Å². The van der Waals surface area contributed by atoms with Crippen LogP contribution in [0.1, 0.15) is 18.1 Å². The molecule has 0 bridgehead atoms. The first-order chi connectivity index (χ1) is 12.9. The Morgan fingerprint density at radius 2 is 1.96 bits per heavy atom. The molecular weight excluding hydrogens is 454 g/mol. The molecule has 0 spiro atoms. The first kappa shape index (κ1) is 19.8. The standard InChI is InChI=1S/C19H15BrClNO4S/c1-2-26-15-8-12(7-14(21)17(15)23)9-16-18(24)22(19(25)27-16)10-11-3-5-13(20)6-4-11/h3-9,23H,2,10H2,1H3/b16-9-. The molecule has 0 aromatic heterocycles. The molecule has 5 nitrogen and oxygen atoms in total. The summed E-state index contributed by atoms with van der Waals surface area (Å²) in [5, 5.41) is 9.70. The summed E-state index contributed by atoms with van der Waals surface area (Å²) >= 11 is 10.2. The molecule has 0 radical (unpaired) electrons. The SMILES string of the molecule is CCOc1cc(/C=C2\SC(=O)N(Cc3ccc(Br)cc3)C2=O)cc(Cl)c1O. The van der Waals surface area contributed by atoms with Gasteiger partial charge in [0.05, 0.1) is 23.1 Å². The van der Waals surface area contributed by atoms with Gasteiger partial charge in [-0.1, -0.05) is 39.7 Å². The van der Waals surface area contributed by atoms with Gasteiger partial charge in [-0.15, -0.1) is 0 Å². The lowest BCUT2D eigenvalue weighted by Gasteiger charge is -2.12. The Hall–Kier alpha value is -1.96. The molecule has 0 aliphatic carbocycles. The number of hydrogen-bond acceptors (Lipinski definition) is 5. The van der Waals surface area contributed by atoms with Crippen molar-refractivity contribution in [2.24, 2.45) is 0 Å². The van der Waals surface area contributed by atoms with Gasteiger partial charge in [0.25, 0.3) is 11.1 Å². The number of imide groups is 1. The molecule has 140 valence electrons. The maximum atomic E-state index is 12.6. The first-order valence-electron chi connectivity index (χ1n) is 8.04. The third-order valence-corrected chi connectivity index (χ3v) is 5.50. The number of aromatic hydroxyl groups is 1. The van der Waals surface area contributed by atoms with Crippen LogP contribution in [0.15, 0.2) is 45.8 Å². The molecule has 2 aromatic carbocycles. The van der Waals surface area contributed by atoms with Crippen molar-refractivity contribution in [3.63, 3.8) is 0 Å². The summed E-state index contributed by atoms with van der Waals surface area (Å²) in [7, 11) is 0. The maximum absolute atomic E-state index is 12.6. The normalized spacial score (nSPS) is 15.7. The molecule has 8 heteroatoms. The van der Waals surface area contributed by atoms with Crippen molar-refractivity contribution in [3.8, 4) is 11.5 Å². The van der Waals surface area contributed by atoms with Gasteiger partial charge in [-0.25, -0.2) is 0 Å². The van der Waals surface area contributed by atoms with E-state index in [0.717, 1.165) is 21.8 Å². The molecule has 1 fully saturated rings. The molecule has 1 aliphatic heterocycles. The van der Waals surface area contributed by atoms with Crippen LogP contribution in [-0.4, -0.2) is 27.8 Å². The number of carbonyl (C=O) groups is 2. The highest BCUT2D eigenvalue weighted by Crippen LogP contribution is 2.38. The quantitative estimate of drug-likeness (QED) is 0.592. The Morgan fingerprint density at radius 1 is 1.26 bits per heavy atom. The van der Waals surface area contributed by atoms with Crippen LogP contribution in [-0.2, 0) is 11.3 Å². The molecule has 2 aromatic rings. The number of benzene rings is 2. The summed E-state index contributed by atoms with van der Waals surface area (Å²) < 4.78 is 6.27. The minimum Gasteiger partial charge on any atom is -0.503 e. The molecule has 27 heavy (non-hydrogen) atoms. The summed E-state index contributed by atoms with van der Waals surface area (Å²) in [5.74, 6) is -0.292. The van der Waals surface area contributed by atoms with Gasteiger partial charge in [-0.05, 0) is 60.2 Å². The highest BCUT2D eigenvalue weighted by atomic mass is 79.9. The van der Waals surface area contributed by atoms with Crippen LogP contribution in [0.4, 0.5) is 4.79 Å². The van der Waals surface area contributed by atoms with Crippen molar-refractivity contribution >= 4 is 56.5 Å². The van der Waals surface area contributed by atoms with Crippen LogP contribution in [0.3, 0.4) is 0 Å². The molecule has 2 amide bonds. The lowest BCUT2D eigenvalue weighted by atomic mass is 10.1. The molecule has 1 N–H and O–H groups in total. The second-order valence-electron chi connectivity index (χ2n) is 5.68. The predicted molar refractivity (Wildman–Crippen MR) is 110 cm³/mol. The summed E-state index contributed by atoms with van der Waals surface area (Å²) in [6, 6.07) is 10.5. The highest BCUT2D eigenvalue weighted by Gasteiger charge is 2.35. The van der Waals surface area contributed by atoms with Crippen LogP contribution in [0.25, 0.3) is 6.08 Å². The number of phenols is 1. The molecule has 0 saturated carbocycles. The average Bonchev–Trinajstić information content (AvgIpc) is 2.88. The van der Waals surface area contributed by atoms with Gasteiger partial charge in [-0.2, -0.15) is 0 Å². The first-order valence-corrected chi connectivity index (χ1v) is 10.0. The summed E-state index contributed by atoms with van der Waals surface area (Å²) in [6.45, 7) is 2.35. The minimum absolute atomic E-state index is 0.112. The number of amides is 2. The number of hydrogen-bond donors (Lipinski definition) is 1. The Kier molecular flexibility index (Phi) is 6.14. The van der Waals surface area contributed by atoms with Crippen LogP contribution in [0.2, 0.25) is 5.02 Å². The lowest BCUT2D eigenvalue weighted by molar-refractivity contribution is -0.123. The van der Waals surface area contributed by atoms with E-state index in [9.17, 15) is 14.7 Å². The van der Waals surface area contributed by atoms with E-state index in [4.69, 9.17) is 16.3 Å². The van der Waals surface area contributed by atoms with Crippen molar-refractivity contribution in [2.75, 3.05) is 6.61 Å². The topological polar surface area (TPSA) is 66.8 Å². The average molecular weight is 469 g/mol.